The Labute approximate surface area is 212 Å². The van der Waals surface area contributed by atoms with Gasteiger partial charge in [0.2, 0.25) is 0 Å². The molecule has 0 N–H and O–H groups in total. The highest BCUT2D eigenvalue weighted by molar-refractivity contribution is 5.77. The van der Waals surface area contributed by atoms with E-state index in [9.17, 15) is 4.39 Å². The molecule has 0 radical (unpaired) electrons. The molecular weight excluding hydrogens is 427 g/mol. The number of halogens is 1. The predicted octanol–water partition coefficient (Wildman–Crippen LogP) is 9.61. The molecule has 0 saturated heterocycles. The van der Waals surface area contributed by atoms with E-state index >= 15 is 0 Å². The summed E-state index contributed by atoms with van der Waals surface area (Å²) in [6, 6.07) is 17.8. The molecule has 35 heavy (non-hydrogen) atoms. The molecule has 184 valence electrons. The molecule has 1 saturated carbocycles. The summed E-state index contributed by atoms with van der Waals surface area (Å²) < 4.78 is 14.0. The largest absolute Gasteiger partial charge is 0.207 e. The van der Waals surface area contributed by atoms with Gasteiger partial charge in [0.1, 0.15) is 5.82 Å². The summed E-state index contributed by atoms with van der Waals surface area (Å²) >= 11 is 0. The van der Waals surface area contributed by atoms with Gasteiger partial charge >= 0.3 is 0 Å². The van der Waals surface area contributed by atoms with Crippen LogP contribution in [0.1, 0.15) is 64.5 Å². The van der Waals surface area contributed by atoms with E-state index in [4.69, 9.17) is 0 Å². The quantitative estimate of drug-likeness (QED) is 0.355. The van der Waals surface area contributed by atoms with Crippen LogP contribution in [0.4, 0.5) is 4.39 Å². The summed E-state index contributed by atoms with van der Waals surface area (Å²) in [5, 5.41) is 0. The van der Waals surface area contributed by atoms with Crippen LogP contribution in [0.2, 0.25) is 0 Å². The fraction of sp³-hybridized carbons (Fsp3) is 0.412. The first-order chi connectivity index (χ1) is 16.8. The fourth-order valence-electron chi connectivity index (χ4n) is 6.51. The van der Waals surface area contributed by atoms with Crippen molar-refractivity contribution in [2.24, 2.45) is 29.6 Å². The highest BCUT2D eigenvalue weighted by Gasteiger charge is 2.34. The first-order valence-corrected chi connectivity index (χ1v) is 13.4. The van der Waals surface area contributed by atoms with E-state index in [1.54, 1.807) is 6.07 Å². The molecule has 1 heteroatoms. The third-order valence-corrected chi connectivity index (χ3v) is 8.04. The number of benzene rings is 2. The van der Waals surface area contributed by atoms with Gasteiger partial charge in [0.25, 0.3) is 0 Å². The molecule has 2 aliphatic rings. The van der Waals surface area contributed by atoms with Crippen LogP contribution in [0.15, 0.2) is 96.1 Å². The molecule has 0 aliphatic heterocycles. The van der Waals surface area contributed by atoms with Gasteiger partial charge in [-0.2, -0.15) is 0 Å². The zero-order valence-electron chi connectivity index (χ0n) is 21.9. The van der Waals surface area contributed by atoms with E-state index in [0.717, 1.165) is 30.4 Å². The third kappa shape index (κ3) is 6.51. The van der Waals surface area contributed by atoms with E-state index in [1.165, 1.54) is 41.2 Å². The molecule has 0 amide bonds. The fourth-order valence-corrected chi connectivity index (χ4v) is 6.51. The Bertz CT molecular complexity index is 1100. The van der Waals surface area contributed by atoms with Crippen molar-refractivity contribution in [3.05, 3.63) is 113 Å². The van der Waals surface area contributed by atoms with Gasteiger partial charge in [-0.25, -0.2) is 4.39 Å². The summed E-state index contributed by atoms with van der Waals surface area (Å²) in [5.74, 6) is 2.85. The van der Waals surface area contributed by atoms with Crippen molar-refractivity contribution < 1.29 is 4.39 Å². The molecule has 2 atom stereocenters. The topological polar surface area (TPSA) is 0 Å². The van der Waals surface area contributed by atoms with E-state index in [0.29, 0.717) is 29.6 Å². The second kappa shape index (κ2) is 11.4. The molecule has 0 nitrogen and oxygen atoms in total. The lowest BCUT2D eigenvalue weighted by molar-refractivity contribution is 0.151. The van der Waals surface area contributed by atoms with E-state index in [2.05, 4.69) is 82.8 Å². The lowest BCUT2D eigenvalue weighted by Crippen LogP contribution is -2.31. The Morgan fingerprint density at radius 3 is 2.34 bits per heavy atom. The van der Waals surface area contributed by atoms with Crippen LogP contribution in [-0.4, -0.2) is 0 Å². The second-order valence-corrected chi connectivity index (χ2v) is 11.3. The van der Waals surface area contributed by atoms with Gasteiger partial charge in [-0.05, 0) is 96.1 Å². The summed E-state index contributed by atoms with van der Waals surface area (Å²) in [7, 11) is 0. The molecule has 0 heterocycles. The van der Waals surface area contributed by atoms with Gasteiger partial charge in [0.15, 0.2) is 0 Å². The second-order valence-electron chi connectivity index (χ2n) is 11.3. The monoisotopic (exact) mass is 468 g/mol. The average molecular weight is 469 g/mol. The Balaban J connectivity index is 1.48. The van der Waals surface area contributed by atoms with Crippen LogP contribution in [0.3, 0.4) is 0 Å². The van der Waals surface area contributed by atoms with Crippen molar-refractivity contribution in [1.29, 1.82) is 0 Å². The molecule has 0 aromatic heterocycles. The SMILES string of the molecule is C=C(Cc1ccccc1)C1C(C)CC(CC2=CC(c3cccc(F)c3)=CC(C(C)C)=CC2)CC1C. The van der Waals surface area contributed by atoms with Crippen molar-refractivity contribution in [3.8, 4) is 0 Å². The summed E-state index contributed by atoms with van der Waals surface area (Å²) in [4.78, 5) is 0. The minimum atomic E-state index is -0.172. The molecule has 1 fully saturated rings. The van der Waals surface area contributed by atoms with Crippen LogP contribution in [0.5, 0.6) is 0 Å². The first-order valence-electron chi connectivity index (χ1n) is 13.4. The zero-order valence-corrected chi connectivity index (χ0v) is 21.9. The Morgan fingerprint density at radius 1 is 0.971 bits per heavy atom. The summed E-state index contributed by atoms with van der Waals surface area (Å²) in [5.41, 5.74) is 7.69. The summed E-state index contributed by atoms with van der Waals surface area (Å²) in [6.07, 6.45) is 12.6. The van der Waals surface area contributed by atoms with E-state index < -0.39 is 0 Å². The standard InChI is InChI=1S/C34H41F/c1-23(2)30-15-14-28(20-32(21-30)31-12-9-13-33(35)22-31)19-29-17-25(4)34(26(5)18-29)24(3)16-27-10-7-6-8-11-27/h6-13,15,20-23,25-26,29,34H,3,14,16-19H2,1-2,4-5H3. The molecule has 2 aromatic rings. The van der Waals surface area contributed by atoms with Crippen molar-refractivity contribution in [3.63, 3.8) is 0 Å². The Kier molecular flexibility index (Phi) is 8.26. The lowest BCUT2D eigenvalue weighted by Gasteiger charge is -2.41. The number of hydrogen-bond donors (Lipinski definition) is 0. The average Bonchev–Trinajstić information content (AvgIpc) is 3.02. The normalized spacial score (nSPS) is 24.9. The van der Waals surface area contributed by atoms with Gasteiger partial charge in [-0.15, -0.1) is 0 Å². The molecular formula is C34H41F. The van der Waals surface area contributed by atoms with Crippen LogP contribution in [0, 0.1) is 35.4 Å². The Hall–Kier alpha value is -2.67. The van der Waals surface area contributed by atoms with Crippen molar-refractivity contribution in [2.75, 3.05) is 0 Å². The maximum atomic E-state index is 14.0. The van der Waals surface area contributed by atoms with Crippen LogP contribution >= 0.6 is 0 Å². The van der Waals surface area contributed by atoms with Gasteiger partial charge < -0.3 is 0 Å². The number of allylic oxidation sites excluding steroid dienone is 7. The van der Waals surface area contributed by atoms with Gasteiger partial charge in [-0.3, -0.25) is 0 Å². The number of hydrogen-bond acceptors (Lipinski definition) is 0. The van der Waals surface area contributed by atoms with Crippen LogP contribution < -0.4 is 0 Å². The van der Waals surface area contributed by atoms with E-state index in [1.807, 2.05) is 12.1 Å². The summed E-state index contributed by atoms with van der Waals surface area (Å²) in [6.45, 7) is 13.9. The highest BCUT2D eigenvalue weighted by atomic mass is 19.1. The van der Waals surface area contributed by atoms with Gasteiger partial charge in [0, 0.05) is 0 Å². The molecule has 2 aromatic carbocycles. The lowest BCUT2D eigenvalue weighted by atomic mass is 9.64. The van der Waals surface area contributed by atoms with Crippen LogP contribution in [0.25, 0.3) is 5.57 Å². The van der Waals surface area contributed by atoms with Crippen molar-refractivity contribution in [1.82, 2.24) is 0 Å². The maximum Gasteiger partial charge on any atom is 0.123 e. The zero-order chi connectivity index (χ0) is 24.9. The highest BCUT2D eigenvalue weighted by Crippen LogP contribution is 2.45. The molecule has 4 rings (SSSR count). The van der Waals surface area contributed by atoms with Gasteiger partial charge in [-0.1, -0.05) is 106 Å². The molecule has 2 unspecified atom stereocenters. The number of rotatable bonds is 7. The van der Waals surface area contributed by atoms with Crippen LogP contribution in [-0.2, 0) is 6.42 Å². The minimum Gasteiger partial charge on any atom is -0.207 e. The maximum absolute atomic E-state index is 14.0. The smallest absolute Gasteiger partial charge is 0.123 e. The predicted molar refractivity (Wildman–Crippen MR) is 148 cm³/mol. The molecule has 0 spiro atoms. The third-order valence-electron chi connectivity index (χ3n) is 8.04. The first kappa shape index (κ1) is 25.4. The van der Waals surface area contributed by atoms with Crippen molar-refractivity contribution in [2.45, 2.75) is 59.8 Å². The molecule has 0 bridgehead atoms. The van der Waals surface area contributed by atoms with Crippen molar-refractivity contribution >= 4 is 5.57 Å². The van der Waals surface area contributed by atoms with E-state index in [-0.39, 0.29) is 5.82 Å². The minimum absolute atomic E-state index is 0.172. The Morgan fingerprint density at radius 2 is 1.69 bits per heavy atom. The molecule has 2 aliphatic carbocycles. The van der Waals surface area contributed by atoms with Gasteiger partial charge in [0.05, 0.1) is 0 Å².